The van der Waals surface area contributed by atoms with Crippen LogP contribution in [0.5, 0.6) is 5.88 Å². The molecule has 1 aromatic rings. The van der Waals surface area contributed by atoms with Crippen molar-refractivity contribution in [1.29, 1.82) is 0 Å². The van der Waals surface area contributed by atoms with Crippen LogP contribution in [-0.4, -0.2) is 18.0 Å². The van der Waals surface area contributed by atoms with E-state index in [9.17, 15) is 4.79 Å². The van der Waals surface area contributed by atoms with Gasteiger partial charge in [0, 0.05) is 23.3 Å². The molecule has 3 aliphatic carbocycles. The molecule has 3 aliphatic rings. The molecule has 0 spiro atoms. The van der Waals surface area contributed by atoms with Gasteiger partial charge in [0.15, 0.2) is 0 Å². The summed E-state index contributed by atoms with van der Waals surface area (Å²) in [6.45, 7) is 3.91. The van der Waals surface area contributed by atoms with E-state index in [1.165, 1.54) is 11.1 Å². The summed E-state index contributed by atoms with van der Waals surface area (Å²) in [5.41, 5.74) is 4.66. The van der Waals surface area contributed by atoms with Gasteiger partial charge in [-0.1, -0.05) is 12.2 Å². The van der Waals surface area contributed by atoms with Crippen LogP contribution >= 0.6 is 0 Å². The van der Waals surface area contributed by atoms with Crippen molar-refractivity contribution >= 4 is 5.91 Å². The lowest BCUT2D eigenvalue weighted by Crippen LogP contribution is -2.42. The molecule has 0 aromatic carbocycles. The molecule has 1 atom stereocenters. The molecular formula is C19H18N2O2. The van der Waals surface area contributed by atoms with Crippen molar-refractivity contribution in [2.75, 3.05) is 7.11 Å². The number of hydrogen-bond acceptors (Lipinski definition) is 3. The highest BCUT2D eigenvalue weighted by molar-refractivity contribution is 6.02. The predicted octanol–water partition coefficient (Wildman–Crippen LogP) is 2.80. The van der Waals surface area contributed by atoms with Gasteiger partial charge in [-0.05, 0) is 54.9 Å². The molecule has 1 N–H and O–H groups in total. The monoisotopic (exact) mass is 306 g/mol. The number of ether oxygens (including phenoxy) is 1. The zero-order chi connectivity index (χ0) is 16.2. The number of amides is 1. The van der Waals surface area contributed by atoms with Crippen LogP contribution in [0.3, 0.4) is 0 Å². The maximum Gasteiger partial charge on any atom is 0.252 e. The van der Waals surface area contributed by atoms with E-state index in [0.717, 1.165) is 16.7 Å². The van der Waals surface area contributed by atoms with Gasteiger partial charge in [0.05, 0.1) is 12.6 Å². The number of carbonyl (C=O) groups excluding carboxylic acids is 1. The van der Waals surface area contributed by atoms with Gasteiger partial charge >= 0.3 is 0 Å². The fourth-order valence-electron chi connectivity index (χ4n) is 3.30. The van der Waals surface area contributed by atoms with E-state index in [0.29, 0.717) is 11.8 Å². The van der Waals surface area contributed by atoms with Crippen molar-refractivity contribution in [2.45, 2.75) is 19.4 Å². The number of hydrogen-bond donors (Lipinski definition) is 1. The zero-order valence-corrected chi connectivity index (χ0v) is 13.4. The number of nitrogens with zero attached hydrogens (tertiary/aromatic N) is 1. The minimum atomic E-state index is -0.582. The molecule has 116 valence electrons. The van der Waals surface area contributed by atoms with Crippen molar-refractivity contribution < 1.29 is 9.53 Å². The number of nitrogens with one attached hydrogen (secondary N) is 1. The van der Waals surface area contributed by atoms with Crippen LogP contribution in [0.2, 0.25) is 0 Å². The average molecular weight is 306 g/mol. The second kappa shape index (κ2) is 4.69. The fourth-order valence-corrected chi connectivity index (χ4v) is 3.30. The Hall–Kier alpha value is -2.62. The smallest absolute Gasteiger partial charge is 0.252 e. The predicted molar refractivity (Wildman–Crippen MR) is 87.8 cm³/mol. The zero-order valence-electron chi connectivity index (χ0n) is 13.4. The summed E-state index contributed by atoms with van der Waals surface area (Å²) in [6, 6.07) is 3.77. The van der Waals surface area contributed by atoms with Crippen molar-refractivity contribution in [2.24, 2.45) is 5.92 Å². The van der Waals surface area contributed by atoms with Gasteiger partial charge in [-0.2, -0.15) is 0 Å². The number of methoxy groups -OCH3 is 1. The first-order valence-electron chi connectivity index (χ1n) is 7.69. The third-order valence-corrected chi connectivity index (χ3v) is 4.59. The van der Waals surface area contributed by atoms with Gasteiger partial charge in [-0.25, -0.2) is 4.98 Å². The summed E-state index contributed by atoms with van der Waals surface area (Å²) in [5.74, 6) is 0.918. The van der Waals surface area contributed by atoms with Gasteiger partial charge in [-0.3, -0.25) is 4.79 Å². The molecule has 4 nitrogen and oxygen atoms in total. The van der Waals surface area contributed by atoms with E-state index in [4.69, 9.17) is 4.74 Å². The Morgan fingerprint density at radius 2 is 2.17 bits per heavy atom. The molecule has 1 amide bonds. The Balaban J connectivity index is 1.57. The SMILES string of the molecule is COc1ncccc1C(C)(C)NC(=O)C1=CC=C2C1=CC1=CC12. The third-order valence-electron chi connectivity index (χ3n) is 4.59. The Labute approximate surface area is 135 Å². The largest absolute Gasteiger partial charge is 0.481 e. The Bertz CT molecular complexity index is 841. The van der Waals surface area contributed by atoms with E-state index in [1.54, 1.807) is 13.3 Å². The normalized spacial score (nSPS) is 20.7. The minimum Gasteiger partial charge on any atom is -0.481 e. The van der Waals surface area contributed by atoms with Crippen LogP contribution in [0.25, 0.3) is 0 Å². The number of rotatable bonds is 4. The lowest BCUT2D eigenvalue weighted by molar-refractivity contribution is -0.118. The first-order chi connectivity index (χ1) is 11.0. The summed E-state index contributed by atoms with van der Waals surface area (Å²) in [6.07, 6.45) is 9.98. The molecule has 0 saturated carbocycles. The number of carbonyl (C=O) groups is 1. The lowest BCUT2D eigenvalue weighted by Gasteiger charge is -2.28. The maximum atomic E-state index is 12.8. The highest BCUT2D eigenvalue weighted by atomic mass is 16.5. The van der Waals surface area contributed by atoms with Crippen LogP contribution in [-0.2, 0) is 10.3 Å². The molecule has 4 rings (SSSR count). The number of fused-ring (bicyclic) bond motifs is 3. The third kappa shape index (κ3) is 2.13. The van der Waals surface area contributed by atoms with E-state index < -0.39 is 5.54 Å². The first kappa shape index (κ1) is 14.0. The number of allylic oxidation sites excluding steroid dienone is 6. The Kier molecular flexibility index (Phi) is 2.85. The average Bonchev–Trinajstić information content (AvgIpc) is 3.01. The number of pyridine rings is 1. The highest BCUT2D eigenvalue weighted by Gasteiger charge is 2.40. The van der Waals surface area contributed by atoms with Gasteiger partial charge in [-0.15, -0.1) is 0 Å². The van der Waals surface area contributed by atoms with E-state index in [-0.39, 0.29) is 5.91 Å². The Morgan fingerprint density at radius 3 is 2.96 bits per heavy atom. The van der Waals surface area contributed by atoms with Gasteiger partial charge < -0.3 is 10.1 Å². The first-order valence-corrected chi connectivity index (χ1v) is 7.69. The van der Waals surface area contributed by atoms with Crippen LogP contribution in [0.15, 0.2) is 64.9 Å². The molecule has 23 heavy (non-hydrogen) atoms. The quantitative estimate of drug-likeness (QED) is 0.930. The summed E-state index contributed by atoms with van der Waals surface area (Å²) in [7, 11) is 1.59. The fraction of sp³-hybridized carbons (Fsp3) is 0.263. The highest BCUT2D eigenvalue weighted by Crippen LogP contribution is 2.51. The molecule has 0 bridgehead atoms. The van der Waals surface area contributed by atoms with Crippen molar-refractivity contribution in [1.82, 2.24) is 10.3 Å². The summed E-state index contributed by atoms with van der Waals surface area (Å²) >= 11 is 0. The van der Waals surface area contributed by atoms with E-state index in [1.807, 2.05) is 32.1 Å². The van der Waals surface area contributed by atoms with Crippen LogP contribution in [0.4, 0.5) is 0 Å². The molecule has 0 aliphatic heterocycles. The summed E-state index contributed by atoms with van der Waals surface area (Å²) < 4.78 is 5.32. The molecule has 1 aromatic heterocycles. The molecule has 0 saturated heterocycles. The second-order valence-corrected chi connectivity index (χ2v) is 6.54. The van der Waals surface area contributed by atoms with Crippen LogP contribution < -0.4 is 10.1 Å². The van der Waals surface area contributed by atoms with Gasteiger partial charge in [0.25, 0.3) is 5.91 Å². The van der Waals surface area contributed by atoms with Crippen molar-refractivity contribution in [3.63, 3.8) is 0 Å². The van der Waals surface area contributed by atoms with E-state index in [2.05, 4.69) is 28.5 Å². The summed E-state index contributed by atoms with van der Waals surface area (Å²) in [4.78, 5) is 17.0. The van der Waals surface area contributed by atoms with Crippen molar-refractivity contribution in [3.05, 3.63) is 70.5 Å². The maximum absolute atomic E-state index is 12.8. The van der Waals surface area contributed by atoms with Gasteiger partial charge in [0.2, 0.25) is 5.88 Å². The number of aromatic nitrogens is 1. The molecule has 0 radical (unpaired) electrons. The molecular weight excluding hydrogens is 288 g/mol. The van der Waals surface area contributed by atoms with E-state index >= 15 is 0 Å². The van der Waals surface area contributed by atoms with Crippen LogP contribution in [0.1, 0.15) is 19.4 Å². The molecule has 1 unspecified atom stereocenters. The molecule has 1 heterocycles. The lowest BCUT2D eigenvalue weighted by atomic mass is 9.94. The second-order valence-electron chi connectivity index (χ2n) is 6.54. The van der Waals surface area contributed by atoms with Crippen LogP contribution in [0, 0.1) is 5.92 Å². The van der Waals surface area contributed by atoms with Crippen molar-refractivity contribution in [3.8, 4) is 5.88 Å². The standard InChI is InChI=1S/C19H18N2O2/c1-19(2,16-5-4-8-20-18(16)23-3)21-17(22)13-7-6-12-14-9-11(14)10-15(12)13/h4-10,14H,1-3H3,(H,21,22). The molecule has 0 fully saturated rings. The van der Waals surface area contributed by atoms with Gasteiger partial charge in [0.1, 0.15) is 0 Å². The summed E-state index contributed by atoms with van der Waals surface area (Å²) in [5, 5.41) is 3.11. The topological polar surface area (TPSA) is 51.2 Å². The Morgan fingerprint density at radius 1 is 1.35 bits per heavy atom. The molecule has 4 heteroatoms. The minimum absolute atomic E-state index is 0.0692.